The third kappa shape index (κ3) is 3.52. The lowest BCUT2D eigenvalue weighted by molar-refractivity contribution is 0.0950. The van der Waals surface area contributed by atoms with Gasteiger partial charge < -0.3 is 5.32 Å². The number of benzene rings is 1. The minimum absolute atomic E-state index is 0.0143. The van der Waals surface area contributed by atoms with Crippen molar-refractivity contribution < 1.29 is 13.2 Å². The van der Waals surface area contributed by atoms with Gasteiger partial charge in [0.05, 0.1) is 22.6 Å². The molecular weight excluding hydrogens is 312 g/mol. The maximum absolute atomic E-state index is 12.5. The summed E-state index contributed by atoms with van der Waals surface area (Å²) >= 11 is 0. The van der Waals surface area contributed by atoms with Crippen molar-refractivity contribution >= 4 is 26.6 Å². The van der Waals surface area contributed by atoms with Crippen LogP contribution in [0.15, 0.2) is 24.3 Å². The van der Waals surface area contributed by atoms with Crippen molar-refractivity contribution in [2.75, 3.05) is 18.1 Å². The summed E-state index contributed by atoms with van der Waals surface area (Å²) < 4.78 is 23.0. The van der Waals surface area contributed by atoms with E-state index < -0.39 is 9.84 Å². The molecule has 1 N–H and O–H groups in total. The van der Waals surface area contributed by atoms with Gasteiger partial charge in [0.1, 0.15) is 0 Å². The smallest absolute Gasteiger partial charge is 0.252 e. The van der Waals surface area contributed by atoms with Crippen molar-refractivity contribution in [1.82, 2.24) is 10.3 Å². The third-order valence-corrected chi connectivity index (χ3v) is 6.05. The van der Waals surface area contributed by atoms with Crippen LogP contribution in [0.2, 0.25) is 0 Å². The molecule has 23 heavy (non-hydrogen) atoms. The van der Waals surface area contributed by atoms with Gasteiger partial charge in [-0.1, -0.05) is 12.1 Å². The zero-order valence-corrected chi connectivity index (χ0v) is 14.1. The molecule has 1 saturated heterocycles. The summed E-state index contributed by atoms with van der Waals surface area (Å²) in [4.78, 5) is 17.0. The fourth-order valence-electron chi connectivity index (χ4n) is 3.02. The highest BCUT2D eigenvalue weighted by Crippen LogP contribution is 2.21. The quantitative estimate of drug-likeness (QED) is 0.933. The van der Waals surface area contributed by atoms with Gasteiger partial charge in [-0.05, 0) is 43.9 Å². The summed E-state index contributed by atoms with van der Waals surface area (Å²) in [5, 5.41) is 3.70. The van der Waals surface area contributed by atoms with Gasteiger partial charge in [-0.15, -0.1) is 0 Å². The van der Waals surface area contributed by atoms with Crippen LogP contribution in [0.1, 0.15) is 28.0 Å². The van der Waals surface area contributed by atoms with Gasteiger partial charge in [0, 0.05) is 17.6 Å². The molecule has 0 spiro atoms. The number of hydrogen-bond acceptors (Lipinski definition) is 4. The fraction of sp³-hybridized carbons (Fsp3) is 0.412. The normalized spacial score (nSPS) is 19.8. The summed E-state index contributed by atoms with van der Waals surface area (Å²) in [7, 11) is -2.92. The molecule has 1 aliphatic heterocycles. The van der Waals surface area contributed by atoms with Crippen molar-refractivity contribution in [3.63, 3.8) is 0 Å². The first-order valence-electron chi connectivity index (χ1n) is 7.71. The summed E-state index contributed by atoms with van der Waals surface area (Å²) in [6.07, 6.45) is 0.623. The van der Waals surface area contributed by atoms with Crippen molar-refractivity contribution in [2.45, 2.75) is 20.3 Å². The second-order valence-corrected chi connectivity index (χ2v) is 8.54. The van der Waals surface area contributed by atoms with Gasteiger partial charge >= 0.3 is 0 Å². The Morgan fingerprint density at radius 2 is 2.09 bits per heavy atom. The van der Waals surface area contributed by atoms with E-state index in [1.165, 1.54) is 0 Å². The Labute approximate surface area is 136 Å². The Bertz CT molecular complexity index is 870. The summed E-state index contributed by atoms with van der Waals surface area (Å²) in [6.45, 7) is 4.25. The van der Waals surface area contributed by atoms with Gasteiger partial charge in [0.15, 0.2) is 9.84 Å². The summed E-state index contributed by atoms with van der Waals surface area (Å²) in [5.41, 5.74) is 3.28. The van der Waals surface area contributed by atoms with Gasteiger partial charge in [-0.3, -0.25) is 9.78 Å². The van der Waals surface area contributed by atoms with E-state index in [1.54, 1.807) is 6.07 Å². The average molecular weight is 332 g/mol. The number of carbonyl (C=O) groups is 1. The Morgan fingerprint density at radius 1 is 1.30 bits per heavy atom. The summed E-state index contributed by atoms with van der Waals surface area (Å²) in [6, 6.07) is 7.60. The number of fused-ring (bicyclic) bond motifs is 1. The molecule has 2 aromatic rings. The number of hydrogen-bond donors (Lipinski definition) is 1. The number of rotatable bonds is 3. The number of nitrogens with zero attached hydrogens (tertiary/aromatic N) is 1. The molecule has 0 unspecified atom stereocenters. The van der Waals surface area contributed by atoms with E-state index in [0.717, 1.165) is 22.2 Å². The van der Waals surface area contributed by atoms with E-state index in [1.807, 2.05) is 32.0 Å². The van der Waals surface area contributed by atoms with Crippen molar-refractivity contribution in [3.8, 4) is 0 Å². The lowest BCUT2D eigenvalue weighted by atomic mass is 10.0. The number of nitrogens with one attached hydrogen (secondary N) is 1. The molecule has 2 heterocycles. The lowest BCUT2D eigenvalue weighted by Crippen LogP contribution is -2.30. The number of pyridine rings is 1. The number of aromatic nitrogens is 1. The molecular formula is C17H20N2O3S. The standard InChI is InChI=1S/C17H20N2O3S/c1-11-3-4-14-15(8-12(2)19-16(14)7-11)17(20)18-9-13-5-6-23(21,22)10-13/h3-4,7-8,13H,5-6,9-10H2,1-2H3,(H,18,20)/t13-/m0/s1. The van der Waals surface area contributed by atoms with Gasteiger partial charge in [0.25, 0.3) is 5.91 Å². The number of sulfone groups is 1. The highest BCUT2D eigenvalue weighted by Gasteiger charge is 2.28. The lowest BCUT2D eigenvalue weighted by Gasteiger charge is -2.12. The molecule has 1 fully saturated rings. The van der Waals surface area contributed by atoms with E-state index in [4.69, 9.17) is 0 Å². The second kappa shape index (κ2) is 5.92. The molecule has 0 aliphatic carbocycles. The zero-order chi connectivity index (χ0) is 16.6. The minimum Gasteiger partial charge on any atom is -0.352 e. The Morgan fingerprint density at radius 3 is 2.78 bits per heavy atom. The van der Waals surface area contributed by atoms with Crippen molar-refractivity contribution in [1.29, 1.82) is 0 Å². The molecule has 1 atom stereocenters. The first-order valence-corrected chi connectivity index (χ1v) is 9.53. The van der Waals surface area contributed by atoms with Crippen molar-refractivity contribution in [2.24, 2.45) is 5.92 Å². The van der Waals surface area contributed by atoms with Gasteiger partial charge in [0.2, 0.25) is 0 Å². The van der Waals surface area contributed by atoms with Crippen LogP contribution in [-0.2, 0) is 9.84 Å². The van der Waals surface area contributed by atoms with Crippen LogP contribution in [0, 0.1) is 19.8 Å². The fourth-order valence-corrected chi connectivity index (χ4v) is 4.89. The Balaban J connectivity index is 1.81. The zero-order valence-electron chi connectivity index (χ0n) is 13.3. The number of amides is 1. The molecule has 1 aromatic carbocycles. The topological polar surface area (TPSA) is 76.1 Å². The van der Waals surface area contributed by atoms with E-state index >= 15 is 0 Å². The molecule has 0 saturated carbocycles. The molecule has 6 heteroatoms. The monoisotopic (exact) mass is 332 g/mol. The van der Waals surface area contributed by atoms with E-state index in [-0.39, 0.29) is 23.3 Å². The number of aryl methyl sites for hydroxylation is 2. The van der Waals surface area contributed by atoms with E-state index in [0.29, 0.717) is 18.5 Å². The Hall–Kier alpha value is -1.95. The van der Waals surface area contributed by atoms with Gasteiger partial charge in [-0.2, -0.15) is 0 Å². The molecule has 3 rings (SSSR count). The first-order chi connectivity index (χ1) is 10.8. The van der Waals surface area contributed by atoms with E-state index in [9.17, 15) is 13.2 Å². The SMILES string of the molecule is Cc1ccc2c(C(=O)NC[C@@H]3CCS(=O)(=O)C3)cc(C)nc2c1. The minimum atomic E-state index is -2.92. The van der Waals surface area contributed by atoms with Crippen LogP contribution >= 0.6 is 0 Å². The van der Waals surface area contributed by atoms with E-state index in [2.05, 4.69) is 10.3 Å². The largest absolute Gasteiger partial charge is 0.352 e. The van der Waals surface area contributed by atoms with Crippen LogP contribution in [0.4, 0.5) is 0 Å². The van der Waals surface area contributed by atoms with Crippen LogP contribution in [-0.4, -0.2) is 37.4 Å². The first kappa shape index (κ1) is 15.9. The highest BCUT2D eigenvalue weighted by molar-refractivity contribution is 7.91. The maximum Gasteiger partial charge on any atom is 0.252 e. The second-order valence-electron chi connectivity index (χ2n) is 6.31. The van der Waals surface area contributed by atoms with Gasteiger partial charge in [-0.25, -0.2) is 8.42 Å². The Kier molecular flexibility index (Phi) is 4.10. The molecule has 0 bridgehead atoms. The molecule has 122 valence electrons. The highest BCUT2D eigenvalue weighted by atomic mass is 32.2. The molecule has 1 aromatic heterocycles. The van der Waals surface area contributed by atoms with Crippen LogP contribution in [0.5, 0.6) is 0 Å². The molecule has 1 aliphatic rings. The van der Waals surface area contributed by atoms with Crippen LogP contribution in [0.25, 0.3) is 10.9 Å². The predicted molar refractivity (Wildman–Crippen MR) is 90.3 cm³/mol. The molecule has 1 amide bonds. The van der Waals surface area contributed by atoms with Crippen LogP contribution in [0.3, 0.4) is 0 Å². The summed E-state index contributed by atoms with van der Waals surface area (Å²) in [5.74, 6) is 0.237. The third-order valence-electron chi connectivity index (χ3n) is 4.22. The van der Waals surface area contributed by atoms with Crippen molar-refractivity contribution in [3.05, 3.63) is 41.1 Å². The maximum atomic E-state index is 12.5. The number of carbonyl (C=O) groups excluding carboxylic acids is 1. The average Bonchev–Trinajstić information content (AvgIpc) is 2.82. The predicted octanol–water partition coefficient (Wildman–Crippen LogP) is 2.02. The molecule has 5 nitrogen and oxygen atoms in total. The molecule has 0 radical (unpaired) electrons. The van der Waals surface area contributed by atoms with Crippen LogP contribution < -0.4 is 5.32 Å².